The fourth-order valence-electron chi connectivity index (χ4n) is 7.31. The summed E-state index contributed by atoms with van der Waals surface area (Å²) in [6.07, 6.45) is 16.5. The zero-order valence-corrected chi connectivity index (χ0v) is 20.9. The smallest absolute Gasteiger partial charge is 0.111 e. The van der Waals surface area contributed by atoms with Gasteiger partial charge in [0, 0.05) is 44.7 Å². The highest BCUT2D eigenvalue weighted by Gasteiger charge is 2.56. The van der Waals surface area contributed by atoms with Crippen LogP contribution in [0.3, 0.4) is 0 Å². The molecule has 0 radical (unpaired) electrons. The van der Waals surface area contributed by atoms with Gasteiger partial charge in [-0.05, 0) is 57.2 Å². The third-order valence-electron chi connectivity index (χ3n) is 9.12. The lowest BCUT2D eigenvalue weighted by atomic mass is 9.60. The summed E-state index contributed by atoms with van der Waals surface area (Å²) in [5.41, 5.74) is 1.53. The number of rotatable bonds is 8. The Hall–Kier alpha value is -1.08. The lowest BCUT2D eigenvalue weighted by molar-refractivity contribution is -0.0967. The molecule has 2 fully saturated rings. The van der Waals surface area contributed by atoms with Crippen molar-refractivity contribution in [3.8, 4) is 0 Å². The number of hydroxylamine groups is 2. The molecule has 2 unspecified atom stereocenters. The van der Waals surface area contributed by atoms with Crippen molar-refractivity contribution in [3.63, 3.8) is 0 Å². The van der Waals surface area contributed by atoms with Crippen LogP contribution >= 0.6 is 0 Å². The molecule has 1 N–H and O–H groups in total. The Balaban J connectivity index is 1.14. The third-order valence-corrected chi connectivity index (χ3v) is 9.12. The van der Waals surface area contributed by atoms with Gasteiger partial charge in [0.1, 0.15) is 6.10 Å². The van der Waals surface area contributed by atoms with Crippen LogP contribution in [0.1, 0.15) is 64.2 Å². The van der Waals surface area contributed by atoms with Crippen LogP contribution in [0.5, 0.6) is 0 Å². The minimum absolute atomic E-state index is 0.0256. The first-order valence-corrected chi connectivity index (χ1v) is 13.6. The van der Waals surface area contributed by atoms with Crippen molar-refractivity contribution in [2.45, 2.75) is 76.4 Å². The number of nitrogens with zero attached hydrogens (tertiary/aromatic N) is 3. The van der Waals surface area contributed by atoms with Gasteiger partial charge in [0.2, 0.25) is 0 Å². The van der Waals surface area contributed by atoms with E-state index in [-0.39, 0.29) is 17.6 Å². The van der Waals surface area contributed by atoms with Gasteiger partial charge in [0.25, 0.3) is 0 Å². The largest absolute Gasteiger partial charge is 0.493 e. The van der Waals surface area contributed by atoms with Crippen molar-refractivity contribution in [1.29, 1.82) is 0 Å². The summed E-state index contributed by atoms with van der Waals surface area (Å²) in [4.78, 5) is 10.7. The van der Waals surface area contributed by atoms with Crippen LogP contribution in [-0.4, -0.2) is 85.6 Å². The van der Waals surface area contributed by atoms with Crippen LogP contribution < -0.4 is 0 Å². The quantitative estimate of drug-likeness (QED) is 0.558. The van der Waals surface area contributed by atoms with Crippen LogP contribution in [0.15, 0.2) is 23.6 Å². The van der Waals surface area contributed by atoms with Gasteiger partial charge in [-0.25, -0.2) is 0 Å². The molecule has 3 aliphatic heterocycles. The van der Waals surface area contributed by atoms with Crippen LogP contribution in [-0.2, 0) is 9.57 Å². The van der Waals surface area contributed by atoms with E-state index < -0.39 is 0 Å². The van der Waals surface area contributed by atoms with Gasteiger partial charge in [0.05, 0.1) is 30.9 Å². The number of aliphatic hydroxyl groups excluding tert-OH is 1. The number of aliphatic hydroxyl groups is 1. The Morgan fingerprint density at radius 2 is 1.94 bits per heavy atom. The van der Waals surface area contributed by atoms with E-state index in [1.807, 2.05) is 5.06 Å². The molecule has 5 atom stereocenters. The van der Waals surface area contributed by atoms with Gasteiger partial charge in [-0.1, -0.05) is 31.8 Å². The second-order valence-corrected chi connectivity index (χ2v) is 11.4. The molecule has 33 heavy (non-hydrogen) atoms. The van der Waals surface area contributed by atoms with Crippen LogP contribution in [0.2, 0.25) is 0 Å². The van der Waals surface area contributed by atoms with Crippen LogP contribution in [0.4, 0.5) is 0 Å². The van der Waals surface area contributed by atoms with Crippen molar-refractivity contribution in [1.82, 2.24) is 14.9 Å². The average Bonchev–Trinajstić information content (AvgIpc) is 3.04. The minimum Gasteiger partial charge on any atom is -0.493 e. The Morgan fingerprint density at radius 3 is 2.76 bits per heavy atom. The molecule has 6 heteroatoms. The summed E-state index contributed by atoms with van der Waals surface area (Å²) in [6.45, 7) is 7.04. The Labute approximate surface area is 200 Å². The maximum atomic E-state index is 10.5. The van der Waals surface area contributed by atoms with E-state index in [4.69, 9.17) is 9.57 Å². The van der Waals surface area contributed by atoms with E-state index in [2.05, 4.69) is 29.1 Å². The molecule has 1 saturated carbocycles. The second kappa shape index (κ2) is 10.3. The van der Waals surface area contributed by atoms with Crippen LogP contribution in [0.25, 0.3) is 0 Å². The normalized spacial score (nSPS) is 37.0. The summed E-state index contributed by atoms with van der Waals surface area (Å²) in [6, 6.07) is 0. The topological polar surface area (TPSA) is 48.4 Å². The summed E-state index contributed by atoms with van der Waals surface area (Å²) in [5.74, 6) is 2.22. The summed E-state index contributed by atoms with van der Waals surface area (Å²) < 4.78 is 6.54. The van der Waals surface area contributed by atoms with E-state index in [0.717, 1.165) is 31.1 Å². The number of hydrogen-bond acceptors (Lipinski definition) is 6. The van der Waals surface area contributed by atoms with Gasteiger partial charge in [-0.2, -0.15) is 0 Å². The molecule has 3 heterocycles. The van der Waals surface area contributed by atoms with Gasteiger partial charge in [0.15, 0.2) is 0 Å². The maximum absolute atomic E-state index is 10.5. The average molecular weight is 460 g/mol. The second-order valence-electron chi connectivity index (χ2n) is 11.4. The predicted octanol–water partition coefficient (Wildman–Crippen LogP) is 3.79. The summed E-state index contributed by atoms with van der Waals surface area (Å²) in [5, 5.41) is 12.4. The molecule has 5 rings (SSSR count). The van der Waals surface area contributed by atoms with Crippen molar-refractivity contribution in [2.24, 2.45) is 17.3 Å². The highest BCUT2D eigenvalue weighted by Crippen LogP contribution is 2.59. The van der Waals surface area contributed by atoms with E-state index in [0.29, 0.717) is 12.3 Å². The molecule has 0 aromatic carbocycles. The molecule has 0 aromatic rings. The number of likely N-dealkylation sites (N-methyl/N-ethyl adjacent to an activating group) is 1. The van der Waals surface area contributed by atoms with E-state index in [1.54, 1.807) is 7.11 Å². The highest BCUT2D eigenvalue weighted by molar-refractivity contribution is 5.38. The monoisotopic (exact) mass is 459 g/mol. The molecule has 1 saturated heterocycles. The van der Waals surface area contributed by atoms with Gasteiger partial charge in [-0.3, -0.25) is 9.90 Å². The van der Waals surface area contributed by atoms with E-state index in [9.17, 15) is 5.11 Å². The zero-order valence-electron chi connectivity index (χ0n) is 20.9. The summed E-state index contributed by atoms with van der Waals surface area (Å²) >= 11 is 0. The van der Waals surface area contributed by atoms with Crippen molar-refractivity contribution in [3.05, 3.63) is 23.6 Å². The molecule has 0 bridgehead atoms. The van der Waals surface area contributed by atoms with Crippen molar-refractivity contribution in [2.75, 3.05) is 53.4 Å². The van der Waals surface area contributed by atoms with E-state index in [1.165, 1.54) is 83.2 Å². The van der Waals surface area contributed by atoms with Crippen molar-refractivity contribution >= 4 is 0 Å². The molecule has 6 nitrogen and oxygen atoms in total. The number of ether oxygens (including phenoxy) is 1. The Kier molecular flexibility index (Phi) is 7.36. The third kappa shape index (κ3) is 5.00. The lowest BCUT2D eigenvalue weighted by Crippen LogP contribution is -2.44. The molecular weight excluding hydrogens is 414 g/mol. The van der Waals surface area contributed by atoms with Crippen LogP contribution in [0, 0.1) is 17.3 Å². The number of unbranched alkanes of at least 4 members (excludes halogenated alkanes) is 3. The molecule has 0 aromatic heterocycles. The SMILES string of the molecule is CON1C=CC23CC(CCCCCCN4CCN(C)CC4)CC[C@@H]2OC2=C3[C@H](C[C@@H](O)C2)C1. The number of hydrogen-bond donors (Lipinski definition) is 1. The maximum Gasteiger partial charge on any atom is 0.111 e. The molecule has 5 aliphatic rings. The fourth-order valence-corrected chi connectivity index (χ4v) is 7.31. The molecule has 0 amide bonds. The molecule has 1 spiro atoms. The van der Waals surface area contributed by atoms with Crippen molar-refractivity contribution < 1.29 is 14.7 Å². The Morgan fingerprint density at radius 1 is 1.12 bits per heavy atom. The predicted molar refractivity (Wildman–Crippen MR) is 130 cm³/mol. The first-order valence-electron chi connectivity index (χ1n) is 13.6. The standard InChI is InChI=1S/C27H45N3O3/c1-28-13-15-29(16-14-28)11-6-4-3-5-7-21-8-9-25-27(19-21)10-12-30(32-2)20-22-17-23(31)18-24(33-25)26(22)27/h10,12,21-23,25,31H,3-9,11,13-20H2,1-2H3/t21?,22-,23-,25+,27?/m1/s1. The van der Waals surface area contributed by atoms with E-state index >= 15 is 0 Å². The highest BCUT2D eigenvalue weighted by atomic mass is 16.7. The minimum atomic E-state index is -0.288. The molecule has 186 valence electrons. The summed E-state index contributed by atoms with van der Waals surface area (Å²) in [7, 11) is 3.98. The fraction of sp³-hybridized carbons (Fsp3) is 0.852. The van der Waals surface area contributed by atoms with Gasteiger partial charge in [-0.15, -0.1) is 0 Å². The first-order chi connectivity index (χ1) is 16.1. The Bertz CT molecular complexity index is 732. The lowest BCUT2D eigenvalue weighted by Gasteiger charge is -2.42. The first kappa shape index (κ1) is 23.7. The zero-order chi connectivity index (χ0) is 22.8. The molecule has 2 aliphatic carbocycles. The number of piperazine rings is 1. The van der Waals surface area contributed by atoms with Gasteiger partial charge >= 0.3 is 0 Å². The van der Waals surface area contributed by atoms with Gasteiger partial charge < -0.3 is 19.6 Å². The molecular formula is C27H45N3O3.